The van der Waals surface area contributed by atoms with Gasteiger partial charge in [-0.05, 0) is 109 Å². The minimum Gasteiger partial charge on any atom is -0.456 e. The van der Waals surface area contributed by atoms with Crippen molar-refractivity contribution in [3.05, 3.63) is 158 Å². The van der Waals surface area contributed by atoms with E-state index in [1.807, 2.05) is 40.1 Å². The second-order valence-corrected chi connectivity index (χ2v) is 16.9. The molecule has 0 unspecified atom stereocenters. The Morgan fingerprint density at radius 1 is 0.327 bits per heavy atom. The zero-order valence-corrected chi connectivity index (χ0v) is 30.1. The molecule has 8 aromatic carbocycles. The van der Waals surface area contributed by atoms with E-state index < -0.39 is 0 Å². The van der Waals surface area contributed by atoms with Crippen molar-refractivity contribution in [3.63, 3.8) is 0 Å². The summed E-state index contributed by atoms with van der Waals surface area (Å²) < 4.78 is 10.6. The van der Waals surface area contributed by atoms with E-state index in [4.69, 9.17) is 4.42 Å². The maximum atomic E-state index is 6.65. The topological polar surface area (TPSA) is 13.1 Å². The molecule has 0 aliphatic carbocycles. The van der Waals surface area contributed by atoms with Gasteiger partial charge >= 0.3 is 0 Å². The standard InChI is InChI=1S/C48H26OS3/c1-5-13-39-27(9-1)21-40(49-39)35-25-36(44-22-28-10-2-6-14-41(28)50-44)32-19-20-34-38(46-24-30-12-4-8-16-43(30)52-46)26-37(33-18-17-31(35)47(32)48(33)34)45-23-29-11-3-7-15-42(29)51-45/h1-26H. The Morgan fingerprint density at radius 2 is 0.712 bits per heavy atom. The second kappa shape index (κ2) is 10.9. The lowest BCUT2D eigenvalue weighted by molar-refractivity contribution is 0.632. The molecule has 0 fully saturated rings. The van der Waals surface area contributed by atoms with E-state index in [0.29, 0.717) is 0 Å². The smallest absolute Gasteiger partial charge is 0.136 e. The van der Waals surface area contributed by atoms with Gasteiger partial charge < -0.3 is 4.42 Å². The van der Waals surface area contributed by atoms with Crippen LogP contribution in [0.25, 0.3) is 116 Å². The molecule has 0 atom stereocenters. The van der Waals surface area contributed by atoms with E-state index in [1.165, 1.54) is 93.9 Å². The van der Waals surface area contributed by atoms with Crippen molar-refractivity contribution in [2.24, 2.45) is 0 Å². The zero-order valence-electron chi connectivity index (χ0n) is 27.6. The Morgan fingerprint density at radius 3 is 1.15 bits per heavy atom. The van der Waals surface area contributed by atoms with Crippen molar-refractivity contribution >= 4 is 108 Å². The van der Waals surface area contributed by atoms with Crippen LogP contribution >= 0.6 is 34.0 Å². The first-order chi connectivity index (χ1) is 25.7. The molecule has 0 amide bonds. The van der Waals surface area contributed by atoms with Crippen LogP contribution in [0.1, 0.15) is 0 Å². The van der Waals surface area contributed by atoms with E-state index in [0.717, 1.165) is 22.3 Å². The largest absolute Gasteiger partial charge is 0.456 e. The van der Waals surface area contributed by atoms with Crippen molar-refractivity contribution < 1.29 is 4.42 Å². The Labute approximate surface area is 310 Å². The molecule has 0 aliphatic rings. The molecule has 52 heavy (non-hydrogen) atoms. The van der Waals surface area contributed by atoms with Crippen molar-refractivity contribution in [1.29, 1.82) is 0 Å². The van der Waals surface area contributed by atoms with Crippen LogP contribution in [0.2, 0.25) is 0 Å². The average molecular weight is 715 g/mol. The van der Waals surface area contributed by atoms with E-state index >= 15 is 0 Å². The minimum atomic E-state index is 0.899. The molecule has 0 saturated carbocycles. The Balaban J connectivity index is 1.25. The summed E-state index contributed by atoms with van der Waals surface area (Å²) in [6.07, 6.45) is 0. The van der Waals surface area contributed by atoms with Gasteiger partial charge in [0.2, 0.25) is 0 Å². The predicted octanol–water partition coefficient (Wildman–Crippen LogP) is 15.6. The number of benzene rings is 8. The van der Waals surface area contributed by atoms with Crippen molar-refractivity contribution in [2.75, 3.05) is 0 Å². The summed E-state index contributed by atoms with van der Waals surface area (Å²) in [5.74, 6) is 0.899. The van der Waals surface area contributed by atoms with Crippen LogP contribution in [-0.4, -0.2) is 0 Å². The first-order valence-electron chi connectivity index (χ1n) is 17.5. The fourth-order valence-corrected chi connectivity index (χ4v) is 11.5. The van der Waals surface area contributed by atoms with Gasteiger partial charge in [-0.1, -0.05) is 97.1 Å². The molecule has 0 saturated heterocycles. The van der Waals surface area contributed by atoms with E-state index in [1.54, 1.807) is 0 Å². The van der Waals surface area contributed by atoms with E-state index in [9.17, 15) is 0 Å². The molecule has 12 rings (SSSR count). The molecule has 0 aliphatic heterocycles. The zero-order chi connectivity index (χ0) is 33.9. The molecule has 0 N–H and O–H groups in total. The van der Waals surface area contributed by atoms with Crippen LogP contribution in [0.5, 0.6) is 0 Å². The summed E-state index contributed by atoms with van der Waals surface area (Å²) in [4.78, 5) is 3.86. The number of para-hydroxylation sites is 1. The van der Waals surface area contributed by atoms with E-state index in [2.05, 4.69) is 152 Å². The lowest BCUT2D eigenvalue weighted by atomic mass is 9.85. The van der Waals surface area contributed by atoms with Gasteiger partial charge in [-0.2, -0.15) is 0 Å². The van der Waals surface area contributed by atoms with Gasteiger partial charge in [-0.15, -0.1) is 34.0 Å². The Bertz CT molecular complexity index is 2790. The molecular formula is C48H26OS3. The van der Waals surface area contributed by atoms with Crippen LogP contribution in [0.15, 0.2) is 162 Å². The number of hydrogen-bond acceptors (Lipinski definition) is 4. The van der Waals surface area contributed by atoms with Gasteiger partial charge in [0.05, 0.1) is 0 Å². The number of fused-ring (bicyclic) bond motifs is 4. The molecule has 12 aromatic rings. The first kappa shape index (κ1) is 28.9. The minimum absolute atomic E-state index is 0.899. The maximum absolute atomic E-state index is 6.65. The van der Waals surface area contributed by atoms with Crippen LogP contribution < -0.4 is 0 Å². The van der Waals surface area contributed by atoms with Gasteiger partial charge in [0.1, 0.15) is 11.3 Å². The molecule has 1 nitrogen and oxygen atoms in total. The summed E-state index contributed by atoms with van der Waals surface area (Å²) in [6.45, 7) is 0. The number of rotatable bonds is 4. The Hall–Kier alpha value is -5.78. The predicted molar refractivity (Wildman–Crippen MR) is 228 cm³/mol. The summed E-state index contributed by atoms with van der Waals surface area (Å²) in [5.41, 5.74) is 5.85. The van der Waals surface area contributed by atoms with Crippen molar-refractivity contribution in [1.82, 2.24) is 0 Å². The van der Waals surface area contributed by atoms with Gasteiger partial charge in [-0.25, -0.2) is 0 Å². The fourth-order valence-electron chi connectivity index (χ4n) is 8.27. The normalized spacial score (nSPS) is 12.2. The highest BCUT2D eigenvalue weighted by molar-refractivity contribution is 7.23. The van der Waals surface area contributed by atoms with Gasteiger partial charge in [0.25, 0.3) is 0 Å². The van der Waals surface area contributed by atoms with Crippen LogP contribution in [-0.2, 0) is 0 Å². The second-order valence-electron chi connectivity index (χ2n) is 13.6. The van der Waals surface area contributed by atoms with Gasteiger partial charge in [0, 0.05) is 56.4 Å². The number of thiophene rings is 3. The highest BCUT2D eigenvalue weighted by atomic mass is 32.1. The molecule has 4 heteroatoms. The lowest BCUT2D eigenvalue weighted by Crippen LogP contribution is -1.92. The third-order valence-electron chi connectivity index (χ3n) is 10.7. The molecule has 4 heterocycles. The SMILES string of the molecule is c1ccc2oc(-c3cc(-c4cc5ccccc5s4)c4ccc5c(-c6cc7ccccc7s6)cc(-c6cc7ccccc7s6)c6ccc3c4c65)cc2c1. The highest BCUT2D eigenvalue weighted by Crippen LogP contribution is 2.51. The van der Waals surface area contributed by atoms with Crippen molar-refractivity contribution in [3.8, 4) is 42.6 Å². The molecule has 0 radical (unpaired) electrons. The molecule has 4 aromatic heterocycles. The monoisotopic (exact) mass is 714 g/mol. The van der Waals surface area contributed by atoms with Crippen LogP contribution in [0, 0.1) is 0 Å². The average Bonchev–Trinajstić information content (AvgIpc) is 4.00. The van der Waals surface area contributed by atoms with Gasteiger partial charge in [0.15, 0.2) is 0 Å². The van der Waals surface area contributed by atoms with Gasteiger partial charge in [-0.3, -0.25) is 0 Å². The summed E-state index contributed by atoms with van der Waals surface area (Å²) in [5, 5.41) is 12.6. The highest BCUT2D eigenvalue weighted by Gasteiger charge is 2.23. The van der Waals surface area contributed by atoms with E-state index in [-0.39, 0.29) is 0 Å². The third kappa shape index (κ3) is 4.20. The number of furan rings is 1. The third-order valence-corrected chi connectivity index (χ3v) is 14.1. The first-order valence-corrected chi connectivity index (χ1v) is 19.9. The summed E-state index contributed by atoms with van der Waals surface area (Å²) in [6, 6.07) is 58.2. The van der Waals surface area contributed by atoms with Crippen molar-refractivity contribution in [2.45, 2.75) is 0 Å². The number of hydrogen-bond donors (Lipinski definition) is 0. The molecule has 0 spiro atoms. The summed E-state index contributed by atoms with van der Waals surface area (Å²) in [7, 11) is 0. The van der Waals surface area contributed by atoms with Crippen LogP contribution in [0.4, 0.5) is 0 Å². The molecular weight excluding hydrogens is 689 g/mol. The molecule has 0 bridgehead atoms. The van der Waals surface area contributed by atoms with Crippen LogP contribution in [0.3, 0.4) is 0 Å². The quantitative estimate of drug-likeness (QED) is 0.165. The fraction of sp³-hybridized carbons (Fsp3) is 0. The maximum Gasteiger partial charge on any atom is 0.136 e. The molecule has 242 valence electrons. The Kier molecular flexibility index (Phi) is 6.03. The summed E-state index contributed by atoms with van der Waals surface area (Å²) >= 11 is 5.64. The lowest BCUT2D eigenvalue weighted by Gasteiger charge is -2.19.